The number of rotatable bonds is 7. The average Bonchev–Trinajstić information content (AvgIpc) is 3.34. The molecule has 0 radical (unpaired) electrons. The molecule has 0 amide bonds. The SMILES string of the molecule is Clc1cnc(N2CCC([C@H]3C[C@H]3CCOc3ccc(-n4ccnn4)cn3)CC2)nc1. The van der Waals surface area contributed by atoms with E-state index in [2.05, 4.69) is 30.2 Å². The van der Waals surface area contributed by atoms with Gasteiger partial charge in [-0.05, 0) is 49.5 Å². The van der Waals surface area contributed by atoms with E-state index in [1.807, 2.05) is 12.1 Å². The highest BCUT2D eigenvalue weighted by molar-refractivity contribution is 6.30. The van der Waals surface area contributed by atoms with E-state index in [-0.39, 0.29) is 0 Å². The smallest absolute Gasteiger partial charge is 0.225 e. The minimum atomic E-state index is 0.582. The van der Waals surface area contributed by atoms with Gasteiger partial charge in [0.15, 0.2) is 0 Å². The number of nitrogens with zero attached hydrogens (tertiary/aromatic N) is 7. The molecule has 8 nitrogen and oxygen atoms in total. The Labute approximate surface area is 180 Å². The Morgan fingerprint density at radius 2 is 1.90 bits per heavy atom. The van der Waals surface area contributed by atoms with Crippen molar-refractivity contribution >= 4 is 17.5 Å². The van der Waals surface area contributed by atoms with E-state index in [1.165, 1.54) is 19.3 Å². The summed E-state index contributed by atoms with van der Waals surface area (Å²) in [6.45, 7) is 2.76. The molecule has 3 aromatic rings. The highest BCUT2D eigenvalue weighted by atomic mass is 35.5. The molecule has 5 rings (SSSR count). The van der Waals surface area contributed by atoms with Gasteiger partial charge in [0.2, 0.25) is 11.8 Å². The Balaban J connectivity index is 1.03. The monoisotopic (exact) mass is 425 g/mol. The van der Waals surface area contributed by atoms with Crippen LogP contribution in [0.2, 0.25) is 5.02 Å². The van der Waals surface area contributed by atoms with E-state index in [1.54, 1.807) is 35.7 Å². The first-order valence-corrected chi connectivity index (χ1v) is 10.8. The summed E-state index contributed by atoms with van der Waals surface area (Å²) < 4.78 is 7.53. The number of hydrogen-bond donors (Lipinski definition) is 0. The topological polar surface area (TPSA) is 81.9 Å². The predicted molar refractivity (Wildman–Crippen MR) is 113 cm³/mol. The molecule has 30 heavy (non-hydrogen) atoms. The normalized spacial score (nSPS) is 21.6. The molecule has 1 saturated heterocycles. The summed E-state index contributed by atoms with van der Waals surface area (Å²) in [6.07, 6.45) is 13.4. The van der Waals surface area contributed by atoms with Crippen LogP contribution in [0, 0.1) is 17.8 Å². The van der Waals surface area contributed by atoms with E-state index in [0.717, 1.165) is 48.9 Å². The lowest BCUT2D eigenvalue weighted by molar-refractivity contribution is 0.276. The lowest BCUT2D eigenvalue weighted by Gasteiger charge is -2.32. The van der Waals surface area contributed by atoms with E-state index in [4.69, 9.17) is 16.3 Å². The zero-order valence-corrected chi connectivity index (χ0v) is 17.4. The van der Waals surface area contributed by atoms with Gasteiger partial charge in [0.05, 0.1) is 48.3 Å². The van der Waals surface area contributed by atoms with Crippen LogP contribution in [0.3, 0.4) is 0 Å². The molecule has 156 valence electrons. The molecule has 1 aliphatic carbocycles. The zero-order chi connectivity index (χ0) is 20.3. The molecule has 0 spiro atoms. The first-order chi connectivity index (χ1) is 14.8. The number of aromatic nitrogens is 6. The van der Waals surface area contributed by atoms with E-state index in [9.17, 15) is 0 Å². The van der Waals surface area contributed by atoms with Crippen LogP contribution < -0.4 is 9.64 Å². The van der Waals surface area contributed by atoms with Crippen LogP contribution in [-0.4, -0.2) is 49.6 Å². The van der Waals surface area contributed by atoms with Crippen molar-refractivity contribution in [2.45, 2.75) is 25.7 Å². The molecule has 0 aromatic carbocycles. The number of ether oxygens (including phenoxy) is 1. The lowest BCUT2D eigenvalue weighted by Crippen LogP contribution is -2.35. The van der Waals surface area contributed by atoms with Gasteiger partial charge >= 0.3 is 0 Å². The Bertz CT molecular complexity index is 941. The highest BCUT2D eigenvalue weighted by Crippen LogP contribution is 2.49. The van der Waals surface area contributed by atoms with Crippen molar-refractivity contribution in [3.8, 4) is 11.6 Å². The van der Waals surface area contributed by atoms with Crippen molar-refractivity contribution in [1.82, 2.24) is 29.9 Å². The third-order valence-corrected chi connectivity index (χ3v) is 6.35. The quantitative estimate of drug-likeness (QED) is 0.573. The molecule has 1 aliphatic heterocycles. The lowest BCUT2D eigenvalue weighted by atomic mass is 9.90. The maximum Gasteiger partial charge on any atom is 0.225 e. The summed E-state index contributed by atoms with van der Waals surface area (Å²) in [6, 6.07) is 3.82. The molecule has 1 saturated carbocycles. The molecule has 0 N–H and O–H groups in total. The Morgan fingerprint density at radius 3 is 2.60 bits per heavy atom. The third-order valence-electron chi connectivity index (χ3n) is 6.16. The van der Waals surface area contributed by atoms with Crippen molar-refractivity contribution in [1.29, 1.82) is 0 Å². The van der Waals surface area contributed by atoms with Crippen LogP contribution in [0.5, 0.6) is 5.88 Å². The fourth-order valence-corrected chi connectivity index (χ4v) is 4.53. The molecule has 2 aliphatic rings. The van der Waals surface area contributed by atoms with E-state index < -0.39 is 0 Å². The molecule has 9 heteroatoms. The first-order valence-electron chi connectivity index (χ1n) is 10.4. The van der Waals surface area contributed by atoms with Crippen molar-refractivity contribution in [3.05, 3.63) is 48.1 Å². The molecule has 3 aromatic heterocycles. The van der Waals surface area contributed by atoms with Gasteiger partial charge in [0.25, 0.3) is 0 Å². The third kappa shape index (κ3) is 4.38. The second-order valence-electron chi connectivity index (χ2n) is 8.02. The van der Waals surface area contributed by atoms with Crippen LogP contribution in [0.25, 0.3) is 5.69 Å². The van der Waals surface area contributed by atoms with Crippen molar-refractivity contribution in [2.24, 2.45) is 17.8 Å². The van der Waals surface area contributed by atoms with E-state index in [0.29, 0.717) is 17.5 Å². The maximum atomic E-state index is 5.88. The molecule has 0 unspecified atom stereocenters. The van der Waals surface area contributed by atoms with Gasteiger partial charge in [-0.3, -0.25) is 0 Å². The van der Waals surface area contributed by atoms with Crippen LogP contribution in [0.1, 0.15) is 25.7 Å². The van der Waals surface area contributed by atoms with Crippen LogP contribution in [-0.2, 0) is 0 Å². The summed E-state index contributed by atoms with van der Waals surface area (Å²) >= 11 is 5.88. The molecule has 0 bridgehead atoms. The fraction of sp³-hybridized carbons (Fsp3) is 0.476. The second kappa shape index (κ2) is 8.55. The van der Waals surface area contributed by atoms with Gasteiger partial charge in [-0.2, -0.15) is 0 Å². The Kier molecular flexibility index (Phi) is 5.48. The van der Waals surface area contributed by atoms with Crippen LogP contribution >= 0.6 is 11.6 Å². The second-order valence-corrected chi connectivity index (χ2v) is 8.46. The molecular formula is C21H24ClN7O. The standard InChI is InChI=1S/C21H24ClN7O/c22-17-12-24-21(25-13-17)28-7-3-15(4-8-28)19-11-16(19)5-10-30-20-2-1-18(14-23-20)29-9-6-26-27-29/h1-2,6,9,12-16,19H,3-5,7-8,10-11H2/t16-,19-/m1/s1. The van der Waals surface area contributed by atoms with Gasteiger partial charge in [-0.15, -0.1) is 5.10 Å². The number of halogens is 1. The summed E-state index contributed by atoms with van der Waals surface area (Å²) in [5, 5.41) is 8.35. The summed E-state index contributed by atoms with van der Waals surface area (Å²) in [7, 11) is 0. The minimum absolute atomic E-state index is 0.582. The number of hydrogen-bond acceptors (Lipinski definition) is 7. The van der Waals surface area contributed by atoms with Gasteiger partial charge < -0.3 is 9.64 Å². The largest absolute Gasteiger partial charge is 0.478 e. The van der Waals surface area contributed by atoms with Crippen molar-refractivity contribution in [2.75, 3.05) is 24.6 Å². The van der Waals surface area contributed by atoms with Gasteiger partial charge in [0, 0.05) is 19.2 Å². The number of piperidine rings is 1. The number of anilines is 1. The van der Waals surface area contributed by atoms with Gasteiger partial charge in [-0.1, -0.05) is 16.8 Å². The molecule has 4 heterocycles. The minimum Gasteiger partial charge on any atom is -0.478 e. The Morgan fingerprint density at radius 1 is 1.07 bits per heavy atom. The fourth-order valence-electron chi connectivity index (χ4n) is 4.43. The Hall–Kier alpha value is -2.74. The maximum absolute atomic E-state index is 5.88. The van der Waals surface area contributed by atoms with Crippen molar-refractivity contribution < 1.29 is 4.74 Å². The van der Waals surface area contributed by atoms with Gasteiger partial charge in [-0.25, -0.2) is 19.6 Å². The molecule has 2 atom stereocenters. The predicted octanol–water partition coefficient (Wildman–Crippen LogP) is 3.43. The van der Waals surface area contributed by atoms with Crippen LogP contribution in [0.15, 0.2) is 43.1 Å². The average molecular weight is 426 g/mol. The number of pyridine rings is 1. The van der Waals surface area contributed by atoms with Crippen molar-refractivity contribution in [3.63, 3.8) is 0 Å². The molecular weight excluding hydrogens is 402 g/mol. The van der Waals surface area contributed by atoms with Crippen LogP contribution in [0.4, 0.5) is 5.95 Å². The summed E-state index contributed by atoms with van der Waals surface area (Å²) in [5.74, 6) is 3.87. The van der Waals surface area contributed by atoms with Gasteiger partial charge in [0.1, 0.15) is 0 Å². The summed E-state index contributed by atoms with van der Waals surface area (Å²) in [5.41, 5.74) is 0.873. The van der Waals surface area contributed by atoms with E-state index >= 15 is 0 Å². The summed E-state index contributed by atoms with van der Waals surface area (Å²) in [4.78, 5) is 15.3. The molecule has 2 fully saturated rings. The first kappa shape index (κ1) is 19.2. The zero-order valence-electron chi connectivity index (χ0n) is 16.6. The highest BCUT2D eigenvalue weighted by Gasteiger charge is 2.43.